The third-order valence-electron chi connectivity index (χ3n) is 3.92. The first kappa shape index (κ1) is 16.4. The van der Waals surface area contributed by atoms with Crippen LogP contribution in [0.1, 0.15) is 32.4 Å². The summed E-state index contributed by atoms with van der Waals surface area (Å²) in [6.45, 7) is 8.29. The molecule has 5 heteroatoms. The van der Waals surface area contributed by atoms with Gasteiger partial charge in [0.05, 0.1) is 6.07 Å². The minimum atomic E-state index is -0.396. The number of hydrogen-bond acceptors (Lipinski definition) is 3. The average Bonchev–Trinajstić information content (AvgIpc) is 2.49. The van der Waals surface area contributed by atoms with Gasteiger partial charge in [-0.25, -0.2) is 4.39 Å². The van der Waals surface area contributed by atoms with Gasteiger partial charge in [0.25, 0.3) is 0 Å². The standard InChI is InChI=1S/C17H22FN3O/c1-17(2,3)16(22)21-10-8-20(9-11-21)15(12-19)13-4-6-14(18)7-5-13/h4-7,15H,8-11H2,1-3H3. The van der Waals surface area contributed by atoms with Gasteiger partial charge < -0.3 is 4.90 Å². The van der Waals surface area contributed by atoms with Crippen LogP contribution in [0, 0.1) is 22.6 Å². The van der Waals surface area contributed by atoms with Crippen LogP contribution in [0.4, 0.5) is 4.39 Å². The largest absolute Gasteiger partial charge is 0.340 e. The third-order valence-corrected chi connectivity index (χ3v) is 3.92. The van der Waals surface area contributed by atoms with Crippen LogP contribution >= 0.6 is 0 Å². The van der Waals surface area contributed by atoms with Crippen molar-refractivity contribution < 1.29 is 9.18 Å². The maximum Gasteiger partial charge on any atom is 0.228 e. The predicted octanol–water partition coefficient (Wildman–Crippen LogP) is 2.58. The fraction of sp³-hybridized carbons (Fsp3) is 0.529. The van der Waals surface area contributed by atoms with Crippen molar-refractivity contribution >= 4 is 5.91 Å². The van der Waals surface area contributed by atoms with Crippen LogP contribution in [0.2, 0.25) is 0 Å². The maximum atomic E-state index is 13.0. The predicted molar refractivity (Wildman–Crippen MR) is 82.4 cm³/mol. The molecule has 1 fully saturated rings. The van der Waals surface area contributed by atoms with Gasteiger partial charge in [0, 0.05) is 31.6 Å². The number of carbonyl (C=O) groups is 1. The molecule has 1 heterocycles. The number of rotatable bonds is 2. The molecule has 0 saturated carbocycles. The summed E-state index contributed by atoms with van der Waals surface area (Å²) in [7, 11) is 0. The number of nitrogens with zero attached hydrogens (tertiary/aromatic N) is 3. The minimum absolute atomic E-state index is 0.141. The van der Waals surface area contributed by atoms with Crippen molar-refractivity contribution in [2.24, 2.45) is 5.41 Å². The number of piperazine rings is 1. The number of amides is 1. The lowest BCUT2D eigenvalue weighted by Gasteiger charge is -2.39. The van der Waals surface area contributed by atoms with E-state index in [4.69, 9.17) is 0 Å². The van der Waals surface area contributed by atoms with Gasteiger partial charge in [0.15, 0.2) is 0 Å². The second-order valence-electron chi connectivity index (χ2n) is 6.66. The van der Waals surface area contributed by atoms with Gasteiger partial charge in [-0.1, -0.05) is 32.9 Å². The molecule has 4 nitrogen and oxygen atoms in total. The molecule has 1 unspecified atom stereocenters. The highest BCUT2D eigenvalue weighted by Gasteiger charge is 2.31. The highest BCUT2D eigenvalue weighted by molar-refractivity contribution is 5.81. The van der Waals surface area contributed by atoms with Gasteiger partial charge in [-0.2, -0.15) is 5.26 Å². The lowest BCUT2D eigenvalue weighted by Crippen LogP contribution is -2.52. The van der Waals surface area contributed by atoms with E-state index in [9.17, 15) is 14.4 Å². The van der Waals surface area contributed by atoms with Crippen molar-refractivity contribution in [3.8, 4) is 6.07 Å². The van der Waals surface area contributed by atoms with Crippen LogP contribution in [0.5, 0.6) is 0 Å². The SMILES string of the molecule is CC(C)(C)C(=O)N1CCN(C(C#N)c2ccc(F)cc2)CC1. The summed E-state index contributed by atoms with van der Waals surface area (Å²) in [5.74, 6) is -0.163. The second-order valence-corrected chi connectivity index (χ2v) is 6.66. The summed E-state index contributed by atoms with van der Waals surface area (Å²) in [6.07, 6.45) is 0. The van der Waals surface area contributed by atoms with E-state index in [0.29, 0.717) is 26.2 Å². The van der Waals surface area contributed by atoms with E-state index in [1.165, 1.54) is 12.1 Å². The van der Waals surface area contributed by atoms with Gasteiger partial charge in [0.1, 0.15) is 11.9 Å². The first-order valence-electron chi connectivity index (χ1n) is 7.51. The van der Waals surface area contributed by atoms with Crippen molar-refractivity contribution in [3.63, 3.8) is 0 Å². The van der Waals surface area contributed by atoms with Crippen molar-refractivity contribution in [2.75, 3.05) is 26.2 Å². The number of benzene rings is 1. The molecule has 0 bridgehead atoms. The van der Waals surface area contributed by atoms with Crippen molar-refractivity contribution in [1.82, 2.24) is 9.80 Å². The van der Waals surface area contributed by atoms with E-state index >= 15 is 0 Å². The average molecular weight is 303 g/mol. The highest BCUT2D eigenvalue weighted by Crippen LogP contribution is 2.24. The lowest BCUT2D eigenvalue weighted by atomic mass is 9.94. The molecule has 1 atom stereocenters. The van der Waals surface area contributed by atoms with E-state index < -0.39 is 6.04 Å². The summed E-state index contributed by atoms with van der Waals surface area (Å²) in [4.78, 5) is 16.2. The molecule has 22 heavy (non-hydrogen) atoms. The van der Waals surface area contributed by atoms with Crippen LogP contribution in [-0.4, -0.2) is 41.9 Å². The Morgan fingerprint density at radius 1 is 1.18 bits per heavy atom. The van der Waals surface area contributed by atoms with E-state index in [-0.39, 0.29) is 17.1 Å². The molecule has 118 valence electrons. The Kier molecular flexibility index (Phi) is 4.82. The van der Waals surface area contributed by atoms with Crippen LogP contribution in [0.15, 0.2) is 24.3 Å². The van der Waals surface area contributed by atoms with Gasteiger partial charge >= 0.3 is 0 Å². The van der Waals surface area contributed by atoms with Crippen molar-refractivity contribution in [3.05, 3.63) is 35.6 Å². The topological polar surface area (TPSA) is 47.3 Å². The second kappa shape index (κ2) is 6.45. The lowest BCUT2D eigenvalue weighted by molar-refractivity contribution is -0.141. The van der Waals surface area contributed by atoms with Crippen molar-refractivity contribution in [1.29, 1.82) is 5.26 Å². The Bertz CT molecular complexity index is 563. The molecule has 1 aromatic carbocycles. The van der Waals surface area contributed by atoms with Crippen molar-refractivity contribution in [2.45, 2.75) is 26.8 Å². The van der Waals surface area contributed by atoms with Gasteiger partial charge in [-0.05, 0) is 17.7 Å². The molecule has 0 aromatic heterocycles. The number of halogens is 1. The van der Waals surface area contributed by atoms with Crippen LogP contribution in [-0.2, 0) is 4.79 Å². The molecule has 0 radical (unpaired) electrons. The Morgan fingerprint density at radius 3 is 2.18 bits per heavy atom. The molecular weight excluding hydrogens is 281 g/mol. The third kappa shape index (κ3) is 3.63. The highest BCUT2D eigenvalue weighted by atomic mass is 19.1. The molecule has 1 amide bonds. The summed E-state index contributed by atoms with van der Waals surface area (Å²) in [5, 5.41) is 9.44. The zero-order valence-corrected chi connectivity index (χ0v) is 13.3. The zero-order valence-electron chi connectivity index (χ0n) is 13.3. The molecule has 0 spiro atoms. The Balaban J connectivity index is 2.02. The first-order valence-corrected chi connectivity index (χ1v) is 7.51. The quantitative estimate of drug-likeness (QED) is 0.843. The summed E-state index contributed by atoms with van der Waals surface area (Å²) in [5.41, 5.74) is 0.410. The smallest absolute Gasteiger partial charge is 0.228 e. The maximum absolute atomic E-state index is 13.0. The van der Waals surface area contributed by atoms with Gasteiger partial charge in [-0.3, -0.25) is 9.69 Å². The Hall–Kier alpha value is -1.93. The van der Waals surface area contributed by atoms with E-state index in [2.05, 4.69) is 6.07 Å². The van der Waals surface area contributed by atoms with E-state index in [1.807, 2.05) is 30.6 Å². The summed E-state index contributed by atoms with van der Waals surface area (Å²) >= 11 is 0. The monoisotopic (exact) mass is 303 g/mol. The van der Waals surface area contributed by atoms with E-state index in [0.717, 1.165) is 5.56 Å². The normalized spacial score (nSPS) is 17.9. The van der Waals surface area contributed by atoms with Gasteiger partial charge in [0.2, 0.25) is 5.91 Å². The fourth-order valence-corrected chi connectivity index (χ4v) is 2.67. The Morgan fingerprint density at radius 2 is 1.73 bits per heavy atom. The van der Waals surface area contributed by atoms with Crippen LogP contribution in [0.25, 0.3) is 0 Å². The number of carbonyl (C=O) groups excluding carboxylic acids is 1. The summed E-state index contributed by atoms with van der Waals surface area (Å²) < 4.78 is 13.0. The number of nitriles is 1. The first-order chi connectivity index (χ1) is 10.3. The molecule has 1 aromatic rings. The van der Waals surface area contributed by atoms with Crippen LogP contribution < -0.4 is 0 Å². The van der Waals surface area contributed by atoms with Crippen LogP contribution in [0.3, 0.4) is 0 Å². The molecule has 1 saturated heterocycles. The molecule has 1 aliphatic heterocycles. The fourth-order valence-electron chi connectivity index (χ4n) is 2.67. The molecule has 2 rings (SSSR count). The van der Waals surface area contributed by atoms with Gasteiger partial charge in [-0.15, -0.1) is 0 Å². The summed E-state index contributed by atoms with van der Waals surface area (Å²) in [6, 6.07) is 7.93. The molecule has 0 N–H and O–H groups in total. The molecule has 1 aliphatic rings. The minimum Gasteiger partial charge on any atom is -0.340 e. The number of hydrogen-bond donors (Lipinski definition) is 0. The molecule has 0 aliphatic carbocycles. The Labute approximate surface area is 131 Å². The van der Waals surface area contributed by atoms with E-state index in [1.54, 1.807) is 12.1 Å². The molecular formula is C17H22FN3O. The zero-order chi connectivity index (χ0) is 16.3.